The van der Waals surface area contributed by atoms with E-state index in [1.165, 1.54) is 16.7 Å². The van der Waals surface area contributed by atoms with Gasteiger partial charge in [-0.2, -0.15) is 0 Å². The molecule has 0 heteroatoms. The van der Waals surface area contributed by atoms with Gasteiger partial charge in [0.05, 0.1) is 0 Å². The van der Waals surface area contributed by atoms with Crippen LogP contribution in [0.1, 0.15) is 25.0 Å². The Morgan fingerprint density at radius 2 is 2.17 bits per heavy atom. The van der Waals surface area contributed by atoms with Gasteiger partial charge in [0.2, 0.25) is 0 Å². The van der Waals surface area contributed by atoms with Gasteiger partial charge in [-0.25, -0.2) is 0 Å². The molecule has 0 aliphatic heterocycles. The molecule has 0 saturated carbocycles. The van der Waals surface area contributed by atoms with E-state index in [0.717, 1.165) is 6.42 Å². The molecule has 64 valence electrons. The standard InChI is InChI=1S/C12H16/c1-4-10(2)8-12-7-5-6-11(3)9-12/h4-7,9H,8H2,1-3H3/b10-4+. The molecule has 1 aromatic rings. The highest BCUT2D eigenvalue weighted by Crippen LogP contribution is 2.09. The van der Waals surface area contributed by atoms with Crippen LogP contribution in [-0.2, 0) is 6.42 Å². The van der Waals surface area contributed by atoms with E-state index in [0.29, 0.717) is 0 Å². The summed E-state index contributed by atoms with van der Waals surface area (Å²) in [6, 6.07) is 8.68. The lowest BCUT2D eigenvalue weighted by molar-refractivity contribution is 1.13. The third-order valence-corrected chi connectivity index (χ3v) is 2.06. The molecule has 0 nitrogen and oxygen atoms in total. The topological polar surface area (TPSA) is 0 Å². The van der Waals surface area contributed by atoms with Crippen LogP contribution in [0.4, 0.5) is 0 Å². The van der Waals surface area contributed by atoms with Crippen LogP contribution in [0.5, 0.6) is 0 Å². The van der Waals surface area contributed by atoms with E-state index in [-0.39, 0.29) is 0 Å². The molecule has 0 bridgehead atoms. The number of aryl methyl sites for hydroxylation is 1. The van der Waals surface area contributed by atoms with Crippen LogP contribution in [0, 0.1) is 6.92 Å². The van der Waals surface area contributed by atoms with Gasteiger partial charge in [0.25, 0.3) is 0 Å². The average Bonchev–Trinajstić information content (AvgIpc) is 2.04. The number of allylic oxidation sites excluding steroid dienone is 2. The smallest absolute Gasteiger partial charge is 0.00699 e. The SMILES string of the molecule is C/C=C(\C)Cc1cccc(C)c1. The van der Waals surface area contributed by atoms with Crippen molar-refractivity contribution in [3.63, 3.8) is 0 Å². The molecule has 0 fully saturated rings. The fraction of sp³-hybridized carbons (Fsp3) is 0.333. The highest BCUT2D eigenvalue weighted by atomic mass is 14.0. The molecule has 0 N–H and O–H groups in total. The Labute approximate surface area is 74.9 Å². The highest BCUT2D eigenvalue weighted by Gasteiger charge is 1.93. The summed E-state index contributed by atoms with van der Waals surface area (Å²) in [6.45, 7) is 6.39. The largest absolute Gasteiger partial charge is 0.0884 e. The Hall–Kier alpha value is -1.04. The van der Waals surface area contributed by atoms with Gasteiger partial charge < -0.3 is 0 Å². The van der Waals surface area contributed by atoms with Crippen molar-refractivity contribution >= 4 is 0 Å². The summed E-state index contributed by atoms with van der Waals surface area (Å²) in [6.07, 6.45) is 3.25. The predicted molar refractivity (Wildman–Crippen MR) is 54.3 cm³/mol. The van der Waals surface area contributed by atoms with Gasteiger partial charge in [0.15, 0.2) is 0 Å². The lowest BCUT2D eigenvalue weighted by atomic mass is 10.0. The van der Waals surface area contributed by atoms with Crippen molar-refractivity contribution < 1.29 is 0 Å². The Morgan fingerprint density at radius 3 is 2.75 bits per heavy atom. The van der Waals surface area contributed by atoms with Gasteiger partial charge in [-0.15, -0.1) is 0 Å². The van der Waals surface area contributed by atoms with Crippen LogP contribution in [0.25, 0.3) is 0 Å². The van der Waals surface area contributed by atoms with Crippen LogP contribution in [0.15, 0.2) is 35.9 Å². The minimum atomic E-state index is 1.08. The van der Waals surface area contributed by atoms with Gasteiger partial charge in [0, 0.05) is 0 Å². The number of benzene rings is 1. The molecule has 1 aromatic carbocycles. The first-order valence-corrected chi connectivity index (χ1v) is 4.39. The van der Waals surface area contributed by atoms with E-state index in [2.05, 4.69) is 51.1 Å². The molecule has 0 atom stereocenters. The van der Waals surface area contributed by atoms with Crippen LogP contribution in [0.2, 0.25) is 0 Å². The Morgan fingerprint density at radius 1 is 1.42 bits per heavy atom. The molecule has 0 amide bonds. The second-order valence-corrected chi connectivity index (χ2v) is 3.30. The zero-order valence-electron chi connectivity index (χ0n) is 8.09. The molecule has 0 heterocycles. The van der Waals surface area contributed by atoms with Crippen molar-refractivity contribution in [2.75, 3.05) is 0 Å². The van der Waals surface area contributed by atoms with Crippen molar-refractivity contribution in [1.82, 2.24) is 0 Å². The fourth-order valence-corrected chi connectivity index (χ4v) is 1.25. The summed E-state index contributed by atoms with van der Waals surface area (Å²) in [5, 5.41) is 0. The molecule has 0 spiro atoms. The maximum atomic E-state index is 2.24. The molecule has 0 aromatic heterocycles. The van der Waals surface area contributed by atoms with E-state index < -0.39 is 0 Å². The zero-order chi connectivity index (χ0) is 8.97. The second-order valence-electron chi connectivity index (χ2n) is 3.30. The first-order valence-electron chi connectivity index (χ1n) is 4.39. The highest BCUT2D eigenvalue weighted by molar-refractivity contribution is 5.25. The molecule has 0 aliphatic rings. The van der Waals surface area contributed by atoms with E-state index in [1.807, 2.05) is 0 Å². The first-order chi connectivity index (χ1) is 5.72. The number of hydrogen-bond donors (Lipinski definition) is 0. The van der Waals surface area contributed by atoms with Crippen molar-refractivity contribution in [2.45, 2.75) is 27.2 Å². The molecule has 0 aliphatic carbocycles. The summed E-state index contributed by atoms with van der Waals surface area (Å²) >= 11 is 0. The third kappa shape index (κ3) is 2.54. The normalized spacial score (nSPS) is 11.8. The Bertz CT molecular complexity index is 282. The lowest BCUT2D eigenvalue weighted by Gasteiger charge is -2.01. The predicted octanol–water partition coefficient (Wildman–Crippen LogP) is 3.50. The van der Waals surface area contributed by atoms with Gasteiger partial charge in [-0.1, -0.05) is 41.5 Å². The number of rotatable bonds is 2. The summed E-state index contributed by atoms with van der Waals surface area (Å²) in [4.78, 5) is 0. The van der Waals surface area contributed by atoms with Crippen LogP contribution in [-0.4, -0.2) is 0 Å². The van der Waals surface area contributed by atoms with Crippen molar-refractivity contribution in [3.8, 4) is 0 Å². The summed E-state index contributed by atoms with van der Waals surface area (Å²) in [5.41, 5.74) is 4.18. The minimum Gasteiger partial charge on any atom is -0.0884 e. The summed E-state index contributed by atoms with van der Waals surface area (Å²) in [7, 11) is 0. The van der Waals surface area contributed by atoms with Crippen molar-refractivity contribution in [3.05, 3.63) is 47.0 Å². The van der Waals surface area contributed by atoms with Crippen LogP contribution in [0.3, 0.4) is 0 Å². The molecule has 1 rings (SSSR count). The maximum absolute atomic E-state index is 2.24. The Balaban J connectivity index is 2.76. The summed E-state index contributed by atoms with van der Waals surface area (Å²) in [5.74, 6) is 0. The first kappa shape index (κ1) is 9.05. The van der Waals surface area contributed by atoms with Crippen molar-refractivity contribution in [1.29, 1.82) is 0 Å². The Kier molecular flexibility index (Phi) is 3.09. The van der Waals surface area contributed by atoms with Gasteiger partial charge >= 0.3 is 0 Å². The van der Waals surface area contributed by atoms with E-state index in [4.69, 9.17) is 0 Å². The van der Waals surface area contributed by atoms with Gasteiger partial charge in [0.1, 0.15) is 0 Å². The molecule has 0 saturated heterocycles. The van der Waals surface area contributed by atoms with Crippen molar-refractivity contribution in [2.24, 2.45) is 0 Å². The van der Waals surface area contributed by atoms with Gasteiger partial charge in [-0.3, -0.25) is 0 Å². The summed E-state index contributed by atoms with van der Waals surface area (Å²) < 4.78 is 0. The molecule has 12 heavy (non-hydrogen) atoms. The van der Waals surface area contributed by atoms with E-state index in [9.17, 15) is 0 Å². The second kappa shape index (κ2) is 4.10. The van der Waals surface area contributed by atoms with Crippen LogP contribution >= 0.6 is 0 Å². The fourth-order valence-electron chi connectivity index (χ4n) is 1.25. The maximum Gasteiger partial charge on any atom is -0.00699 e. The molecular formula is C12H16. The molecule has 0 radical (unpaired) electrons. The van der Waals surface area contributed by atoms with E-state index in [1.54, 1.807) is 0 Å². The van der Waals surface area contributed by atoms with Gasteiger partial charge in [-0.05, 0) is 32.8 Å². The molecular weight excluding hydrogens is 144 g/mol. The monoisotopic (exact) mass is 160 g/mol. The van der Waals surface area contributed by atoms with E-state index >= 15 is 0 Å². The lowest BCUT2D eigenvalue weighted by Crippen LogP contribution is -1.86. The number of hydrogen-bond acceptors (Lipinski definition) is 0. The molecule has 0 unspecified atom stereocenters. The quantitative estimate of drug-likeness (QED) is 0.581. The van der Waals surface area contributed by atoms with Crippen LogP contribution < -0.4 is 0 Å². The zero-order valence-corrected chi connectivity index (χ0v) is 8.09. The average molecular weight is 160 g/mol. The minimum absolute atomic E-state index is 1.08. The third-order valence-electron chi connectivity index (χ3n) is 2.06.